The van der Waals surface area contributed by atoms with Crippen LogP contribution in [-0.2, 0) is 9.53 Å². The van der Waals surface area contributed by atoms with E-state index in [0.29, 0.717) is 6.54 Å². The first-order valence-corrected chi connectivity index (χ1v) is 5.88. The molecule has 1 aliphatic rings. The minimum absolute atomic E-state index is 0.271. The summed E-state index contributed by atoms with van der Waals surface area (Å²) in [5, 5.41) is 0. The fourth-order valence-corrected chi connectivity index (χ4v) is 1.87. The molecule has 0 saturated carbocycles. The van der Waals surface area contributed by atoms with Crippen LogP contribution in [0.5, 0.6) is 0 Å². The lowest BCUT2D eigenvalue weighted by atomic mass is 10.2. The molecule has 0 aliphatic carbocycles. The summed E-state index contributed by atoms with van der Waals surface area (Å²) in [6.45, 7) is 0.589. The van der Waals surface area contributed by atoms with Crippen molar-refractivity contribution in [3.05, 3.63) is 40.4 Å². The molecule has 0 bridgehead atoms. The topological polar surface area (TPSA) is 46.6 Å². The zero-order chi connectivity index (χ0) is 12.3. The second-order valence-corrected chi connectivity index (χ2v) is 4.31. The highest BCUT2D eigenvalue weighted by Gasteiger charge is 2.26. The quantitative estimate of drug-likeness (QED) is 0.788. The Bertz CT molecular complexity index is 484. The number of rotatable bonds is 2. The van der Waals surface area contributed by atoms with Crippen LogP contribution in [0, 0.1) is 0 Å². The lowest BCUT2D eigenvalue weighted by Gasteiger charge is -2.06. The van der Waals surface area contributed by atoms with E-state index in [1.807, 2.05) is 24.3 Å². The summed E-state index contributed by atoms with van der Waals surface area (Å²) in [5.41, 5.74) is 0.883. The molecular formula is C12H10BrNO3. The average Bonchev–Trinajstić information content (AvgIpc) is 2.74. The van der Waals surface area contributed by atoms with Crippen LogP contribution in [0.2, 0.25) is 0 Å². The first kappa shape index (κ1) is 11.9. The zero-order valence-corrected chi connectivity index (χ0v) is 10.5. The number of cyclic esters (lactones) is 1. The molecule has 1 aromatic rings. The van der Waals surface area contributed by atoms with E-state index in [2.05, 4.69) is 20.7 Å². The van der Waals surface area contributed by atoms with Crippen LogP contribution in [0.1, 0.15) is 5.56 Å². The van der Waals surface area contributed by atoms with Gasteiger partial charge in [0, 0.05) is 10.5 Å². The van der Waals surface area contributed by atoms with Gasteiger partial charge in [0.1, 0.15) is 6.61 Å². The molecule has 0 radical (unpaired) electrons. The molecule has 1 fully saturated rings. The summed E-state index contributed by atoms with van der Waals surface area (Å²) >= 11 is 3.37. The van der Waals surface area contributed by atoms with Crippen LogP contribution in [0.4, 0.5) is 4.79 Å². The maximum absolute atomic E-state index is 11.7. The predicted octanol–water partition coefficient (Wildman–Crippen LogP) is 2.44. The van der Waals surface area contributed by atoms with Gasteiger partial charge in [-0.15, -0.1) is 0 Å². The van der Waals surface area contributed by atoms with Crippen molar-refractivity contribution < 1.29 is 14.3 Å². The number of benzene rings is 1. The predicted molar refractivity (Wildman–Crippen MR) is 66.2 cm³/mol. The molecule has 1 saturated heterocycles. The van der Waals surface area contributed by atoms with Gasteiger partial charge in [0.2, 0.25) is 0 Å². The number of carbonyl (C=O) groups is 2. The lowest BCUT2D eigenvalue weighted by Crippen LogP contribution is -2.29. The minimum atomic E-state index is -0.577. The number of imide groups is 1. The largest absolute Gasteiger partial charge is 0.447 e. The van der Waals surface area contributed by atoms with Crippen molar-refractivity contribution >= 4 is 34.0 Å². The molecule has 1 heterocycles. The van der Waals surface area contributed by atoms with Crippen molar-refractivity contribution in [2.24, 2.45) is 0 Å². The Hall–Kier alpha value is -1.62. The van der Waals surface area contributed by atoms with Gasteiger partial charge in [-0.3, -0.25) is 4.79 Å². The summed E-state index contributed by atoms with van der Waals surface area (Å²) in [6.07, 6.45) is 2.46. The van der Waals surface area contributed by atoms with Crippen LogP contribution in [-0.4, -0.2) is 30.1 Å². The summed E-state index contributed by atoms with van der Waals surface area (Å²) < 4.78 is 5.58. The Morgan fingerprint density at radius 3 is 2.82 bits per heavy atom. The number of halogens is 1. The highest BCUT2D eigenvalue weighted by molar-refractivity contribution is 9.10. The van der Waals surface area contributed by atoms with Crippen LogP contribution < -0.4 is 0 Å². The van der Waals surface area contributed by atoms with Crippen LogP contribution >= 0.6 is 15.9 Å². The van der Waals surface area contributed by atoms with Crippen LogP contribution in [0.15, 0.2) is 34.8 Å². The van der Waals surface area contributed by atoms with Gasteiger partial charge in [-0.2, -0.15) is 0 Å². The summed E-state index contributed by atoms with van der Waals surface area (Å²) in [4.78, 5) is 23.9. The van der Waals surface area contributed by atoms with Crippen molar-refractivity contribution in [1.29, 1.82) is 0 Å². The molecule has 0 N–H and O–H groups in total. The smallest absolute Gasteiger partial charge is 0.416 e. The first-order chi connectivity index (χ1) is 8.18. The summed E-state index contributed by atoms with van der Waals surface area (Å²) in [7, 11) is 0. The molecule has 4 nitrogen and oxygen atoms in total. The third-order valence-electron chi connectivity index (χ3n) is 2.34. The minimum Gasteiger partial charge on any atom is -0.447 e. The standard InChI is InChI=1S/C12H10BrNO3/c13-10-4-2-1-3-9(10)5-6-11(15)14-7-8-17-12(14)16/h1-6H,7-8H2. The van der Waals surface area contributed by atoms with Gasteiger partial charge < -0.3 is 4.74 Å². The Kier molecular flexibility index (Phi) is 3.58. The Balaban J connectivity index is 2.08. The normalized spacial score (nSPS) is 15.4. The van der Waals surface area contributed by atoms with E-state index < -0.39 is 6.09 Å². The number of amides is 2. The van der Waals surface area contributed by atoms with Crippen molar-refractivity contribution in [1.82, 2.24) is 4.90 Å². The van der Waals surface area contributed by atoms with E-state index >= 15 is 0 Å². The van der Waals surface area contributed by atoms with Crippen molar-refractivity contribution in [3.63, 3.8) is 0 Å². The first-order valence-electron chi connectivity index (χ1n) is 5.09. The van der Waals surface area contributed by atoms with Gasteiger partial charge in [0.05, 0.1) is 6.54 Å². The third kappa shape index (κ3) is 2.74. The highest BCUT2D eigenvalue weighted by Crippen LogP contribution is 2.17. The fraction of sp³-hybridized carbons (Fsp3) is 0.167. The molecule has 2 rings (SSSR count). The number of carbonyl (C=O) groups excluding carboxylic acids is 2. The molecule has 0 atom stereocenters. The second kappa shape index (κ2) is 5.14. The van der Waals surface area contributed by atoms with Crippen molar-refractivity contribution in [2.45, 2.75) is 0 Å². The maximum atomic E-state index is 11.7. The zero-order valence-electron chi connectivity index (χ0n) is 8.93. The van der Waals surface area contributed by atoms with E-state index in [4.69, 9.17) is 0 Å². The summed E-state index contributed by atoms with van der Waals surface area (Å²) in [5.74, 6) is -0.358. The summed E-state index contributed by atoms with van der Waals surface area (Å²) in [6, 6.07) is 7.52. The Morgan fingerprint density at radius 2 is 2.18 bits per heavy atom. The highest BCUT2D eigenvalue weighted by atomic mass is 79.9. The molecule has 17 heavy (non-hydrogen) atoms. The van der Waals surface area contributed by atoms with Gasteiger partial charge in [-0.1, -0.05) is 34.1 Å². The number of hydrogen-bond acceptors (Lipinski definition) is 3. The molecule has 1 aliphatic heterocycles. The number of nitrogens with zero attached hydrogens (tertiary/aromatic N) is 1. The van der Waals surface area contributed by atoms with E-state index in [-0.39, 0.29) is 12.5 Å². The Morgan fingerprint density at radius 1 is 1.41 bits per heavy atom. The monoisotopic (exact) mass is 295 g/mol. The van der Waals surface area contributed by atoms with Gasteiger partial charge in [-0.25, -0.2) is 9.69 Å². The molecule has 88 valence electrons. The van der Waals surface area contributed by atoms with E-state index in [1.54, 1.807) is 6.08 Å². The molecule has 0 aromatic heterocycles. The van der Waals surface area contributed by atoms with Crippen LogP contribution in [0.25, 0.3) is 6.08 Å². The second-order valence-electron chi connectivity index (χ2n) is 3.46. The molecule has 2 amide bonds. The van der Waals surface area contributed by atoms with Gasteiger partial charge >= 0.3 is 6.09 Å². The lowest BCUT2D eigenvalue weighted by molar-refractivity contribution is -0.122. The number of ether oxygens (including phenoxy) is 1. The third-order valence-corrected chi connectivity index (χ3v) is 3.06. The SMILES string of the molecule is O=C(C=Cc1ccccc1Br)N1CCOC1=O. The molecule has 1 aromatic carbocycles. The average molecular weight is 296 g/mol. The number of hydrogen-bond donors (Lipinski definition) is 0. The fourth-order valence-electron chi connectivity index (χ4n) is 1.45. The molecule has 0 spiro atoms. The van der Waals surface area contributed by atoms with E-state index in [1.165, 1.54) is 6.08 Å². The van der Waals surface area contributed by atoms with E-state index in [0.717, 1.165) is 14.9 Å². The van der Waals surface area contributed by atoms with Crippen molar-refractivity contribution in [3.8, 4) is 0 Å². The molecule has 5 heteroatoms. The van der Waals surface area contributed by atoms with Gasteiger partial charge in [0.25, 0.3) is 5.91 Å². The van der Waals surface area contributed by atoms with Crippen molar-refractivity contribution in [2.75, 3.05) is 13.2 Å². The molecular weight excluding hydrogens is 286 g/mol. The van der Waals surface area contributed by atoms with E-state index in [9.17, 15) is 9.59 Å². The molecule has 0 unspecified atom stereocenters. The van der Waals surface area contributed by atoms with Gasteiger partial charge in [-0.05, 0) is 17.7 Å². The maximum Gasteiger partial charge on any atom is 0.416 e. The van der Waals surface area contributed by atoms with Gasteiger partial charge in [0.15, 0.2) is 0 Å². The Labute approximate surface area is 107 Å². The van der Waals surface area contributed by atoms with Crippen LogP contribution in [0.3, 0.4) is 0 Å².